The summed E-state index contributed by atoms with van der Waals surface area (Å²) in [4.78, 5) is 27.8. The number of hydrogen-bond acceptors (Lipinski definition) is 5. The largest absolute Gasteiger partial charge is 0.272 e. The number of nitro groups is 1. The van der Waals surface area contributed by atoms with Crippen LogP contribution in [0.25, 0.3) is 10.9 Å². The molecule has 3 aromatic rings. The van der Waals surface area contributed by atoms with Crippen LogP contribution in [-0.4, -0.2) is 21.5 Å². The number of carbonyl (C=O) groups excluding carboxylic acids is 1. The smallest absolute Gasteiger partial charge is 0.267 e. The van der Waals surface area contributed by atoms with E-state index in [1.165, 1.54) is 12.1 Å². The zero-order chi connectivity index (χ0) is 19.7. The quantitative estimate of drug-likeness (QED) is 0.412. The number of amides is 1. The first-order valence-electron chi connectivity index (χ1n) is 9.02. The number of benzene rings is 2. The van der Waals surface area contributed by atoms with Gasteiger partial charge in [-0.05, 0) is 49.6 Å². The molecule has 7 heteroatoms. The fourth-order valence-electron chi connectivity index (χ4n) is 3.06. The molecule has 0 radical (unpaired) electrons. The van der Waals surface area contributed by atoms with Gasteiger partial charge in [0, 0.05) is 29.1 Å². The van der Waals surface area contributed by atoms with Crippen molar-refractivity contribution in [3.63, 3.8) is 0 Å². The molecule has 0 bridgehead atoms. The molecule has 0 aliphatic heterocycles. The molecule has 0 unspecified atom stereocenters. The third kappa shape index (κ3) is 3.59. The highest BCUT2D eigenvalue weighted by Gasteiger charge is 2.26. The molecule has 140 valence electrons. The van der Waals surface area contributed by atoms with Crippen molar-refractivity contribution < 1.29 is 9.72 Å². The molecule has 0 spiro atoms. The van der Waals surface area contributed by atoms with E-state index in [1.807, 2.05) is 30.3 Å². The van der Waals surface area contributed by atoms with Gasteiger partial charge in [-0.3, -0.25) is 19.9 Å². The summed E-state index contributed by atoms with van der Waals surface area (Å²) in [5, 5.41) is 15.7. The lowest BCUT2D eigenvalue weighted by Gasteiger charge is -2.09. The molecule has 28 heavy (non-hydrogen) atoms. The van der Waals surface area contributed by atoms with E-state index in [0.717, 1.165) is 29.4 Å². The van der Waals surface area contributed by atoms with Crippen LogP contribution in [0.15, 0.2) is 59.7 Å². The number of fused-ring (bicyclic) bond motifs is 1. The van der Waals surface area contributed by atoms with Gasteiger partial charge in [-0.15, -0.1) is 0 Å². The van der Waals surface area contributed by atoms with E-state index < -0.39 is 4.92 Å². The minimum atomic E-state index is -0.454. The lowest BCUT2D eigenvalue weighted by Crippen LogP contribution is -2.20. The number of nitrogens with zero attached hydrogens (tertiary/aromatic N) is 3. The number of carbonyl (C=O) groups is 1. The van der Waals surface area contributed by atoms with Crippen molar-refractivity contribution in [2.75, 3.05) is 0 Å². The first kappa shape index (κ1) is 17.8. The molecular formula is C21H18N4O3. The highest BCUT2D eigenvalue weighted by molar-refractivity contribution is 6.07. The maximum absolute atomic E-state index is 12.8. The van der Waals surface area contributed by atoms with E-state index in [1.54, 1.807) is 19.1 Å². The van der Waals surface area contributed by atoms with Crippen molar-refractivity contribution in [3.05, 3.63) is 81.5 Å². The molecule has 0 atom stereocenters. The van der Waals surface area contributed by atoms with Crippen LogP contribution < -0.4 is 5.43 Å². The molecule has 2 aromatic carbocycles. The number of rotatable bonds is 5. The van der Waals surface area contributed by atoms with Gasteiger partial charge in [0.1, 0.15) is 0 Å². The summed E-state index contributed by atoms with van der Waals surface area (Å²) in [5.41, 5.74) is 6.16. The van der Waals surface area contributed by atoms with E-state index >= 15 is 0 Å². The second kappa shape index (κ2) is 7.19. The Balaban J connectivity index is 1.59. The Labute approximate surface area is 161 Å². The Bertz CT molecular complexity index is 1100. The Morgan fingerprint density at radius 3 is 2.57 bits per heavy atom. The van der Waals surface area contributed by atoms with E-state index in [2.05, 4.69) is 15.5 Å². The normalized spacial score (nSPS) is 14.1. The third-order valence-corrected chi connectivity index (χ3v) is 4.80. The second-order valence-corrected chi connectivity index (χ2v) is 6.83. The number of hydrogen-bond donors (Lipinski definition) is 1. The van der Waals surface area contributed by atoms with Crippen LogP contribution in [0.1, 0.15) is 47.3 Å². The summed E-state index contributed by atoms with van der Waals surface area (Å²) in [7, 11) is 0. The van der Waals surface area contributed by atoms with Crippen LogP contribution in [0.3, 0.4) is 0 Å². The Kier molecular flexibility index (Phi) is 4.57. The molecule has 1 aromatic heterocycles. The maximum Gasteiger partial charge on any atom is 0.272 e. The lowest BCUT2D eigenvalue weighted by molar-refractivity contribution is -0.384. The Morgan fingerprint density at radius 1 is 1.18 bits per heavy atom. The van der Waals surface area contributed by atoms with Crippen LogP contribution in [-0.2, 0) is 0 Å². The molecule has 1 amide bonds. The van der Waals surface area contributed by atoms with E-state index in [4.69, 9.17) is 0 Å². The first-order valence-corrected chi connectivity index (χ1v) is 9.02. The fourth-order valence-corrected chi connectivity index (χ4v) is 3.06. The summed E-state index contributed by atoms with van der Waals surface area (Å²) in [6.07, 6.45) is 2.20. The predicted octanol–water partition coefficient (Wildman–Crippen LogP) is 4.17. The first-order chi connectivity index (χ1) is 13.5. The highest BCUT2D eigenvalue weighted by atomic mass is 16.6. The van der Waals surface area contributed by atoms with E-state index in [0.29, 0.717) is 22.8 Å². The van der Waals surface area contributed by atoms with Crippen LogP contribution in [0, 0.1) is 10.1 Å². The fraction of sp³-hybridized carbons (Fsp3) is 0.190. The Morgan fingerprint density at radius 2 is 1.89 bits per heavy atom. The van der Waals surface area contributed by atoms with Crippen LogP contribution in [0.4, 0.5) is 5.69 Å². The van der Waals surface area contributed by atoms with Gasteiger partial charge in [-0.1, -0.05) is 18.2 Å². The standard InChI is InChI=1S/C21H18N4O3/c1-13(14-8-10-16(11-9-14)25(27)28)23-24-21(26)18-12-20(15-6-7-15)22-19-5-3-2-4-17(18)19/h2-5,8-12,15H,6-7H2,1H3,(H,24,26)/b23-13-. The van der Waals surface area contributed by atoms with Crippen molar-refractivity contribution in [3.8, 4) is 0 Å². The van der Waals surface area contributed by atoms with Gasteiger partial charge in [0.25, 0.3) is 11.6 Å². The summed E-state index contributed by atoms with van der Waals surface area (Å²) in [6.45, 7) is 1.74. The monoisotopic (exact) mass is 374 g/mol. The molecule has 1 fully saturated rings. The van der Waals surface area contributed by atoms with Gasteiger partial charge in [0.15, 0.2) is 0 Å². The third-order valence-electron chi connectivity index (χ3n) is 4.80. The second-order valence-electron chi connectivity index (χ2n) is 6.83. The van der Waals surface area contributed by atoms with Crippen LogP contribution in [0.5, 0.6) is 0 Å². The van der Waals surface area contributed by atoms with E-state index in [-0.39, 0.29) is 11.6 Å². The average molecular weight is 374 g/mol. The van der Waals surface area contributed by atoms with Gasteiger partial charge in [-0.25, -0.2) is 5.43 Å². The number of hydrazone groups is 1. The van der Waals surface area contributed by atoms with E-state index in [9.17, 15) is 14.9 Å². The molecule has 1 saturated carbocycles. The number of nitrogens with one attached hydrogen (secondary N) is 1. The molecular weight excluding hydrogens is 356 g/mol. The van der Waals surface area contributed by atoms with Crippen LogP contribution in [0.2, 0.25) is 0 Å². The van der Waals surface area contributed by atoms with Crippen molar-refractivity contribution >= 4 is 28.2 Å². The molecule has 4 rings (SSSR count). The topological polar surface area (TPSA) is 97.5 Å². The molecule has 1 aliphatic rings. The van der Waals surface area contributed by atoms with Gasteiger partial charge in [-0.2, -0.15) is 5.10 Å². The molecule has 1 aliphatic carbocycles. The predicted molar refractivity (Wildman–Crippen MR) is 106 cm³/mol. The maximum atomic E-state index is 12.8. The van der Waals surface area contributed by atoms with Crippen LogP contribution >= 0.6 is 0 Å². The molecule has 1 heterocycles. The van der Waals surface area contributed by atoms with Gasteiger partial charge >= 0.3 is 0 Å². The Hall–Kier alpha value is -3.61. The van der Waals surface area contributed by atoms with Crippen molar-refractivity contribution in [2.45, 2.75) is 25.7 Å². The summed E-state index contributed by atoms with van der Waals surface area (Å²) in [5.74, 6) is 0.128. The van der Waals surface area contributed by atoms with Crippen molar-refractivity contribution in [2.24, 2.45) is 5.10 Å². The van der Waals surface area contributed by atoms with Gasteiger partial charge in [0.05, 0.1) is 21.7 Å². The summed E-state index contributed by atoms with van der Waals surface area (Å²) in [6, 6.07) is 15.5. The molecule has 1 N–H and O–H groups in total. The zero-order valence-electron chi connectivity index (χ0n) is 15.3. The van der Waals surface area contributed by atoms with Crippen molar-refractivity contribution in [1.82, 2.24) is 10.4 Å². The van der Waals surface area contributed by atoms with Gasteiger partial charge in [0.2, 0.25) is 0 Å². The number of nitro benzene ring substituents is 1. The SMILES string of the molecule is C/C(=N/NC(=O)c1cc(C2CC2)nc2ccccc12)c1ccc([N+](=O)[O-])cc1. The lowest BCUT2D eigenvalue weighted by atomic mass is 10.1. The zero-order valence-corrected chi connectivity index (χ0v) is 15.3. The number of pyridine rings is 1. The number of para-hydroxylation sites is 1. The summed E-state index contributed by atoms with van der Waals surface area (Å²) < 4.78 is 0. The molecule has 0 saturated heterocycles. The number of aromatic nitrogens is 1. The minimum Gasteiger partial charge on any atom is -0.267 e. The summed E-state index contributed by atoms with van der Waals surface area (Å²) >= 11 is 0. The minimum absolute atomic E-state index is 0.0106. The highest BCUT2D eigenvalue weighted by Crippen LogP contribution is 2.40. The molecule has 7 nitrogen and oxygen atoms in total. The number of non-ortho nitro benzene ring substituents is 1. The average Bonchev–Trinajstić information content (AvgIpc) is 3.56. The van der Waals surface area contributed by atoms with Crippen molar-refractivity contribution in [1.29, 1.82) is 0 Å². The van der Waals surface area contributed by atoms with Gasteiger partial charge < -0.3 is 0 Å².